The predicted molar refractivity (Wildman–Crippen MR) is 67.7 cm³/mol. The summed E-state index contributed by atoms with van der Waals surface area (Å²) in [5, 5.41) is 0. The van der Waals surface area contributed by atoms with Crippen molar-refractivity contribution in [2.45, 2.75) is 0 Å². The van der Waals surface area contributed by atoms with Gasteiger partial charge in [0.25, 0.3) is 0 Å². The first-order valence-electron chi connectivity index (χ1n) is 4.50. The van der Waals surface area contributed by atoms with Crippen LogP contribution < -0.4 is 9.47 Å². The lowest BCUT2D eigenvalue weighted by atomic mass is 10.2. The van der Waals surface area contributed by atoms with Gasteiger partial charge < -0.3 is 9.47 Å². The van der Waals surface area contributed by atoms with Crippen molar-refractivity contribution in [2.24, 2.45) is 0 Å². The van der Waals surface area contributed by atoms with Crippen molar-refractivity contribution < 1.29 is 9.47 Å². The van der Waals surface area contributed by atoms with Crippen LogP contribution in [0.3, 0.4) is 0 Å². The summed E-state index contributed by atoms with van der Waals surface area (Å²) in [6, 6.07) is 6.03. The number of benzene rings is 1. The van der Waals surface area contributed by atoms with Gasteiger partial charge in [-0.05, 0) is 43.4 Å². The zero-order chi connectivity index (χ0) is 10.3. The Hall–Kier alpha value is -0.520. The molecule has 0 saturated carbocycles. The van der Waals surface area contributed by atoms with Crippen molar-refractivity contribution >= 4 is 35.4 Å². The van der Waals surface area contributed by atoms with Gasteiger partial charge in [0.15, 0.2) is 11.5 Å². The first kappa shape index (κ1) is 9.69. The Bertz CT molecular complexity index is 468. The molecule has 0 aromatic heterocycles. The van der Waals surface area contributed by atoms with Gasteiger partial charge in [-0.1, -0.05) is 16.9 Å². The van der Waals surface area contributed by atoms with Gasteiger partial charge in [0.2, 0.25) is 6.79 Å². The summed E-state index contributed by atoms with van der Waals surface area (Å²) in [5.41, 5.74) is 1.17. The summed E-state index contributed by atoms with van der Waals surface area (Å²) in [5.74, 6) is 2.68. The lowest BCUT2D eigenvalue weighted by Crippen LogP contribution is -1.92. The third kappa shape index (κ3) is 1.68. The SMILES string of the molecule is S=S1SCC=C1c1ccc2c(c1)OCO2. The zero-order valence-corrected chi connectivity index (χ0v) is 10.2. The van der Waals surface area contributed by atoms with Gasteiger partial charge >= 0.3 is 0 Å². The molecule has 1 unspecified atom stereocenters. The summed E-state index contributed by atoms with van der Waals surface area (Å²) in [4.78, 5) is 1.26. The zero-order valence-electron chi connectivity index (χ0n) is 7.76. The van der Waals surface area contributed by atoms with Crippen molar-refractivity contribution in [1.29, 1.82) is 0 Å². The summed E-state index contributed by atoms with van der Waals surface area (Å²) in [6.45, 7) is 0.326. The van der Waals surface area contributed by atoms with E-state index in [2.05, 4.69) is 12.1 Å². The Balaban J connectivity index is 2.03. The molecule has 1 aromatic rings. The maximum Gasteiger partial charge on any atom is 0.231 e. The van der Waals surface area contributed by atoms with E-state index in [4.69, 9.17) is 20.7 Å². The van der Waals surface area contributed by atoms with Gasteiger partial charge in [-0.3, -0.25) is 0 Å². The molecule has 2 nitrogen and oxygen atoms in total. The van der Waals surface area contributed by atoms with Crippen LogP contribution in [-0.4, -0.2) is 12.5 Å². The van der Waals surface area contributed by atoms with E-state index in [-0.39, 0.29) is 8.49 Å². The molecule has 0 radical (unpaired) electrons. The number of hydrogen-bond donors (Lipinski definition) is 0. The van der Waals surface area contributed by atoms with E-state index in [9.17, 15) is 0 Å². The third-order valence-corrected chi connectivity index (χ3v) is 6.55. The smallest absolute Gasteiger partial charge is 0.231 e. The van der Waals surface area contributed by atoms with Crippen molar-refractivity contribution in [1.82, 2.24) is 0 Å². The highest BCUT2D eigenvalue weighted by atomic mass is 33.3. The summed E-state index contributed by atoms with van der Waals surface area (Å²) in [7, 11) is 1.72. The molecular weight excluding hydrogens is 248 g/mol. The van der Waals surface area contributed by atoms with Crippen molar-refractivity contribution in [3.05, 3.63) is 29.8 Å². The minimum atomic E-state index is -0.0933. The molecule has 1 atom stereocenters. The monoisotopic (exact) mass is 256 g/mol. The summed E-state index contributed by atoms with van der Waals surface area (Å²) >= 11 is 5.38. The van der Waals surface area contributed by atoms with Crippen LogP contribution in [0.15, 0.2) is 24.3 Å². The fourth-order valence-corrected chi connectivity index (χ4v) is 5.14. The first-order chi connectivity index (χ1) is 7.34. The molecule has 2 aliphatic rings. The van der Waals surface area contributed by atoms with Crippen molar-refractivity contribution in [3.8, 4) is 11.5 Å². The number of ether oxygens (including phenoxy) is 2. The fraction of sp³-hybridized carbons (Fsp3) is 0.200. The molecule has 0 fully saturated rings. The first-order valence-corrected chi connectivity index (χ1v) is 8.15. The number of fused-ring (bicyclic) bond motifs is 1. The molecule has 0 spiro atoms. The molecule has 2 aliphatic heterocycles. The normalized spacial score (nSPS) is 22.9. The van der Waals surface area contributed by atoms with E-state index in [0.29, 0.717) is 6.79 Å². The summed E-state index contributed by atoms with van der Waals surface area (Å²) < 4.78 is 10.6. The van der Waals surface area contributed by atoms with Gasteiger partial charge in [0.05, 0.1) is 0 Å². The second-order valence-electron chi connectivity index (χ2n) is 3.16. The second-order valence-corrected chi connectivity index (χ2v) is 7.97. The molecule has 1 aromatic carbocycles. The molecule has 0 aliphatic carbocycles. The van der Waals surface area contributed by atoms with Crippen LogP contribution >= 0.6 is 10.8 Å². The standard InChI is InChI=1S/C10H8O2S3/c13-15-10(3-4-14-15)7-1-2-8-9(5-7)12-6-11-8/h1-3,5H,4,6H2. The third-order valence-electron chi connectivity index (χ3n) is 2.28. The van der Waals surface area contributed by atoms with Crippen LogP contribution in [0.4, 0.5) is 0 Å². The van der Waals surface area contributed by atoms with Gasteiger partial charge in [-0.25, -0.2) is 0 Å². The Labute approximate surface area is 98.6 Å². The highest BCUT2D eigenvalue weighted by Gasteiger charge is 2.18. The number of hydrogen-bond acceptors (Lipinski definition) is 4. The highest BCUT2D eigenvalue weighted by Crippen LogP contribution is 2.38. The van der Waals surface area contributed by atoms with E-state index in [1.165, 1.54) is 10.5 Å². The average Bonchev–Trinajstić information content (AvgIpc) is 2.84. The molecule has 0 amide bonds. The molecule has 0 N–H and O–H groups in total. The second kappa shape index (κ2) is 3.81. The minimum absolute atomic E-state index is 0.0933. The Kier molecular flexibility index (Phi) is 2.46. The van der Waals surface area contributed by atoms with Gasteiger partial charge in [0.1, 0.15) is 0 Å². The molecule has 3 rings (SSSR count). The largest absolute Gasteiger partial charge is 0.454 e. The van der Waals surface area contributed by atoms with Gasteiger partial charge in [-0.15, -0.1) is 0 Å². The molecule has 0 bridgehead atoms. The van der Waals surface area contributed by atoms with E-state index in [1.807, 2.05) is 22.9 Å². The summed E-state index contributed by atoms with van der Waals surface area (Å²) in [6.07, 6.45) is 2.21. The molecule has 15 heavy (non-hydrogen) atoms. The Morgan fingerprint density at radius 1 is 1.27 bits per heavy atom. The van der Waals surface area contributed by atoms with Crippen LogP contribution in [0.2, 0.25) is 0 Å². The number of rotatable bonds is 1. The Morgan fingerprint density at radius 2 is 2.13 bits per heavy atom. The maximum absolute atomic E-state index is 5.38. The molecule has 2 heterocycles. The van der Waals surface area contributed by atoms with Crippen LogP contribution in [0.5, 0.6) is 11.5 Å². The Morgan fingerprint density at radius 3 is 2.93 bits per heavy atom. The minimum Gasteiger partial charge on any atom is -0.454 e. The lowest BCUT2D eigenvalue weighted by Gasteiger charge is -2.04. The van der Waals surface area contributed by atoms with E-state index >= 15 is 0 Å². The molecule has 0 saturated heterocycles. The van der Waals surface area contributed by atoms with Crippen molar-refractivity contribution in [3.63, 3.8) is 0 Å². The quantitative estimate of drug-likeness (QED) is 0.718. The molecule has 5 heteroatoms. The topological polar surface area (TPSA) is 18.5 Å². The predicted octanol–water partition coefficient (Wildman–Crippen LogP) is 2.50. The maximum atomic E-state index is 5.38. The fourth-order valence-electron chi connectivity index (χ4n) is 1.57. The van der Waals surface area contributed by atoms with Crippen LogP contribution in [0, 0.1) is 0 Å². The van der Waals surface area contributed by atoms with E-state index in [0.717, 1.165) is 17.3 Å². The molecular formula is C10H8O2S3. The highest BCUT2D eigenvalue weighted by molar-refractivity contribution is 8.86. The average molecular weight is 256 g/mol. The van der Waals surface area contributed by atoms with Crippen LogP contribution in [0.25, 0.3) is 4.91 Å². The van der Waals surface area contributed by atoms with E-state index in [1.54, 1.807) is 0 Å². The lowest BCUT2D eigenvalue weighted by molar-refractivity contribution is 0.174. The molecule has 78 valence electrons. The van der Waals surface area contributed by atoms with E-state index < -0.39 is 0 Å². The van der Waals surface area contributed by atoms with Crippen molar-refractivity contribution in [2.75, 3.05) is 12.5 Å². The van der Waals surface area contributed by atoms with Crippen LogP contribution in [-0.2, 0) is 19.7 Å². The van der Waals surface area contributed by atoms with Crippen LogP contribution in [0.1, 0.15) is 5.56 Å². The van der Waals surface area contributed by atoms with Gasteiger partial charge in [0, 0.05) is 10.7 Å². The van der Waals surface area contributed by atoms with Gasteiger partial charge in [-0.2, -0.15) is 0 Å².